The van der Waals surface area contributed by atoms with Gasteiger partial charge in [-0.15, -0.1) is 0 Å². The summed E-state index contributed by atoms with van der Waals surface area (Å²) < 4.78 is 0. The highest BCUT2D eigenvalue weighted by atomic mass is 32.2. The second kappa shape index (κ2) is 6.27. The fourth-order valence-corrected chi connectivity index (χ4v) is 3.74. The molecule has 110 valence electrons. The van der Waals surface area contributed by atoms with Gasteiger partial charge in [0.15, 0.2) is 0 Å². The van der Waals surface area contributed by atoms with Gasteiger partial charge in [-0.2, -0.15) is 0 Å². The Hall–Kier alpha value is -2.58. The summed E-state index contributed by atoms with van der Waals surface area (Å²) in [4.78, 5) is 6.08. The third-order valence-corrected chi connectivity index (χ3v) is 4.78. The van der Waals surface area contributed by atoms with Crippen LogP contribution in [0.4, 0.5) is 5.69 Å². The van der Waals surface area contributed by atoms with Crippen LogP contribution in [0.25, 0.3) is 11.0 Å². The summed E-state index contributed by atoms with van der Waals surface area (Å²) in [5.41, 5.74) is 4.68. The molecule has 3 aromatic rings. The molecule has 0 N–H and O–H groups in total. The molecule has 0 saturated heterocycles. The van der Waals surface area contributed by atoms with Gasteiger partial charge in [0.1, 0.15) is 5.04 Å². The Morgan fingerprint density at radius 2 is 1.26 bits per heavy atom. The Morgan fingerprint density at radius 1 is 0.652 bits per heavy atom. The molecule has 23 heavy (non-hydrogen) atoms. The molecule has 0 amide bonds. The van der Waals surface area contributed by atoms with Crippen LogP contribution in [-0.4, -0.2) is 5.04 Å². The number of para-hydroxylation sites is 1. The molecule has 4 rings (SSSR count). The van der Waals surface area contributed by atoms with Crippen molar-refractivity contribution in [1.29, 1.82) is 0 Å². The molecule has 3 aromatic carbocycles. The first-order valence-electron chi connectivity index (χ1n) is 7.58. The standard InChI is InChI=1S/C21H15NS/c1-3-9-16(10-4-1)15-20-18-13-7-8-14-19(18)21(23-20)22-17-11-5-2-6-12-17/h1-15H/b20-15+,22-21?. The van der Waals surface area contributed by atoms with Crippen molar-refractivity contribution in [3.05, 3.63) is 102 Å². The number of aliphatic imine (C=N–C) groups is 1. The van der Waals surface area contributed by atoms with Crippen LogP contribution in [0, 0.1) is 0 Å². The van der Waals surface area contributed by atoms with Crippen LogP contribution in [0.15, 0.2) is 89.9 Å². The van der Waals surface area contributed by atoms with Crippen molar-refractivity contribution >= 4 is 33.5 Å². The average Bonchev–Trinajstić information content (AvgIpc) is 2.95. The Morgan fingerprint density at radius 3 is 2.00 bits per heavy atom. The number of rotatable bonds is 2. The molecule has 0 atom stereocenters. The van der Waals surface area contributed by atoms with E-state index in [2.05, 4.69) is 54.6 Å². The van der Waals surface area contributed by atoms with Crippen LogP contribution in [0.1, 0.15) is 16.7 Å². The van der Waals surface area contributed by atoms with Crippen molar-refractivity contribution in [2.75, 3.05) is 0 Å². The molecular weight excluding hydrogens is 298 g/mol. The minimum Gasteiger partial charge on any atom is -0.241 e. The molecule has 1 nitrogen and oxygen atoms in total. The Labute approximate surface area is 140 Å². The van der Waals surface area contributed by atoms with Gasteiger partial charge in [0.05, 0.1) is 5.69 Å². The molecule has 1 heterocycles. The highest BCUT2D eigenvalue weighted by molar-refractivity contribution is 8.23. The maximum Gasteiger partial charge on any atom is 0.109 e. The van der Waals surface area contributed by atoms with Gasteiger partial charge in [0.25, 0.3) is 0 Å². The van der Waals surface area contributed by atoms with Gasteiger partial charge in [-0.1, -0.05) is 84.6 Å². The van der Waals surface area contributed by atoms with Gasteiger partial charge in [-0.05, 0) is 29.3 Å². The van der Waals surface area contributed by atoms with E-state index in [1.54, 1.807) is 11.8 Å². The minimum absolute atomic E-state index is 0.991. The zero-order valence-corrected chi connectivity index (χ0v) is 13.3. The third kappa shape index (κ3) is 2.99. The fourth-order valence-electron chi connectivity index (χ4n) is 2.61. The quantitative estimate of drug-likeness (QED) is 0.564. The van der Waals surface area contributed by atoms with E-state index in [1.807, 2.05) is 36.4 Å². The largest absolute Gasteiger partial charge is 0.241 e. The smallest absolute Gasteiger partial charge is 0.109 e. The van der Waals surface area contributed by atoms with E-state index < -0.39 is 0 Å². The normalized spacial score (nSPS) is 16.7. The predicted octanol–water partition coefficient (Wildman–Crippen LogP) is 6.01. The monoisotopic (exact) mass is 313 g/mol. The minimum atomic E-state index is 0.991. The maximum atomic E-state index is 4.83. The van der Waals surface area contributed by atoms with E-state index in [0.29, 0.717) is 0 Å². The van der Waals surface area contributed by atoms with Gasteiger partial charge >= 0.3 is 0 Å². The lowest BCUT2D eigenvalue weighted by molar-refractivity contribution is 1.52. The van der Waals surface area contributed by atoms with E-state index in [9.17, 15) is 0 Å². The van der Waals surface area contributed by atoms with E-state index in [-0.39, 0.29) is 0 Å². The molecule has 0 aliphatic carbocycles. The van der Waals surface area contributed by atoms with Crippen LogP contribution < -0.4 is 0 Å². The first-order valence-corrected chi connectivity index (χ1v) is 8.40. The Bertz CT molecular complexity index is 805. The third-order valence-electron chi connectivity index (χ3n) is 3.71. The topological polar surface area (TPSA) is 12.4 Å². The summed E-state index contributed by atoms with van der Waals surface area (Å²) in [6.07, 6.45) is 2.23. The number of nitrogens with zero attached hydrogens (tertiary/aromatic N) is 1. The summed E-state index contributed by atoms with van der Waals surface area (Å²) in [6, 6.07) is 29.0. The first-order chi connectivity index (χ1) is 11.4. The van der Waals surface area contributed by atoms with Gasteiger partial charge in [0, 0.05) is 10.5 Å². The first kappa shape index (κ1) is 14.0. The molecule has 0 spiro atoms. The van der Waals surface area contributed by atoms with E-state index in [0.717, 1.165) is 10.7 Å². The van der Waals surface area contributed by atoms with Crippen molar-refractivity contribution in [3.8, 4) is 0 Å². The van der Waals surface area contributed by atoms with Crippen LogP contribution in [0.5, 0.6) is 0 Å². The van der Waals surface area contributed by atoms with Gasteiger partial charge in [-0.3, -0.25) is 0 Å². The van der Waals surface area contributed by atoms with E-state index >= 15 is 0 Å². The second-order valence-corrected chi connectivity index (χ2v) is 6.35. The second-order valence-electron chi connectivity index (χ2n) is 5.32. The molecule has 0 aromatic heterocycles. The van der Waals surface area contributed by atoms with Crippen molar-refractivity contribution in [1.82, 2.24) is 0 Å². The predicted molar refractivity (Wildman–Crippen MR) is 101 cm³/mol. The van der Waals surface area contributed by atoms with Crippen molar-refractivity contribution in [2.24, 2.45) is 4.99 Å². The lowest BCUT2D eigenvalue weighted by atomic mass is 10.1. The summed E-state index contributed by atoms with van der Waals surface area (Å²) in [5, 5.41) is 1.06. The van der Waals surface area contributed by atoms with E-state index in [4.69, 9.17) is 4.99 Å². The van der Waals surface area contributed by atoms with E-state index in [1.165, 1.54) is 21.6 Å². The van der Waals surface area contributed by atoms with Crippen LogP contribution in [0.3, 0.4) is 0 Å². The SMILES string of the molecule is C(=C1\SC(=Nc2ccccc2)c2ccccc21)/c1ccccc1. The number of fused-ring (bicyclic) bond motifs is 1. The molecule has 0 bridgehead atoms. The van der Waals surface area contributed by atoms with Crippen molar-refractivity contribution in [2.45, 2.75) is 0 Å². The average molecular weight is 313 g/mol. The Balaban J connectivity index is 1.78. The number of hydrogen-bond donors (Lipinski definition) is 0. The van der Waals surface area contributed by atoms with Crippen LogP contribution in [0.2, 0.25) is 0 Å². The molecule has 0 radical (unpaired) electrons. The summed E-state index contributed by atoms with van der Waals surface area (Å²) >= 11 is 1.74. The fraction of sp³-hybridized carbons (Fsp3) is 0. The number of benzene rings is 3. The molecule has 1 aliphatic rings. The number of hydrogen-bond acceptors (Lipinski definition) is 2. The zero-order chi connectivity index (χ0) is 15.5. The zero-order valence-electron chi connectivity index (χ0n) is 12.5. The lowest BCUT2D eigenvalue weighted by Crippen LogP contribution is -1.89. The Kier molecular flexibility index (Phi) is 3.83. The summed E-state index contributed by atoms with van der Waals surface area (Å²) in [7, 11) is 0. The molecule has 0 saturated carbocycles. The van der Waals surface area contributed by atoms with Crippen molar-refractivity contribution < 1.29 is 0 Å². The lowest BCUT2D eigenvalue weighted by Gasteiger charge is -1.98. The molecular formula is C21H15NS. The molecule has 1 aliphatic heterocycles. The van der Waals surface area contributed by atoms with Crippen LogP contribution >= 0.6 is 11.8 Å². The van der Waals surface area contributed by atoms with Gasteiger partial charge in [0.2, 0.25) is 0 Å². The van der Waals surface area contributed by atoms with Gasteiger partial charge < -0.3 is 0 Å². The number of thioether (sulfide) groups is 1. The molecule has 0 fully saturated rings. The maximum absolute atomic E-state index is 4.83. The molecule has 0 unspecified atom stereocenters. The van der Waals surface area contributed by atoms with Crippen molar-refractivity contribution in [3.63, 3.8) is 0 Å². The highest BCUT2D eigenvalue weighted by Gasteiger charge is 2.23. The highest BCUT2D eigenvalue weighted by Crippen LogP contribution is 2.43. The summed E-state index contributed by atoms with van der Waals surface area (Å²) in [5.74, 6) is 0. The molecule has 2 heteroatoms. The van der Waals surface area contributed by atoms with Gasteiger partial charge in [-0.25, -0.2) is 4.99 Å². The van der Waals surface area contributed by atoms with Crippen LogP contribution in [-0.2, 0) is 0 Å². The summed E-state index contributed by atoms with van der Waals surface area (Å²) in [6.45, 7) is 0.